The Labute approximate surface area is 161 Å². The first-order valence-electron chi connectivity index (χ1n) is 8.45. The number of rotatable bonds is 6. The van der Waals surface area contributed by atoms with Crippen LogP contribution in [0.3, 0.4) is 0 Å². The summed E-state index contributed by atoms with van der Waals surface area (Å²) in [4.78, 5) is 27.7. The van der Waals surface area contributed by atoms with Gasteiger partial charge >= 0.3 is 0 Å². The number of thiophene rings is 1. The van der Waals surface area contributed by atoms with E-state index in [9.17, 15) is 14.7 Å². The predicted molar refractivity (Wildman–Crippen MR) is 103 cm³/mol. The first-order chi connectivity index (χ1) is 13.0. The first kappa shape index (κ1) is 19.1. The van der Waals surface area contributed by atoms with Gasteiger partial charge in [0.2, 0.25) is 0 Å². The van der Waals surface area contributed by atoms with E-state index in [0.29, 0.717) is 17.9 Å². The van der Waals surface area contributed by atoms with Gasteiger partial charge in [0, 0.05) is 18.5 Å². The maximum Gasteiger partial charge on any atom is 0.295 e. The summed E-state index contributed by atoms with van der Waals surface area (Å²) in [5, 5.41) is 12.9. The summed E-state index contributed by atoms with van der Waals surface area (Å²) in [5.74, 6) is -1.14. The highest BCUT2D eigenvalue weighted by Crippen LogP contribution is 2.42. The minimum absolute atomic E-state index is 0.0717. The predicted octanol–water partition coefficient (Wildman–Crippen LogP) is 3.13. The molecule has 0 bridgehead atoms. The van der Waals surface area contributed by atoms with Gasteiger partial charge in [-0.15, -0.1) is 11.3 Å². The molecule has 0 radical (unpaired) electrons. The van der Waals surface area contributed by atoms with E-state index in [4.69, 9.17) is 9.47 Å². The third-order valence-electron chi connectivity index (χ3n) is 4.50. The summed E-state index contributed by atoms with van der Waals surface area (Å²) in [5.41, 5.74) is 1.37. The Morgan fingerprint density at radius 3 is 2.67 bits per heavy atom. The lowest BCUT2D eigenvalue weighted by Crippen LogP contribution is -2.32. The van der Waals surface area contributed by atoms with Crippen molar-refractivity contribution >= 4 is 28.8 Å². The molecule has 6 nitrogen and oxygen atoms in total. The van der Waals surface area contributed by atoms with Crippen LogP contribution in [0.1, 0.15) is 22.0 Å². The molecule has 142 valence electrons. The second kappa shape index (κ2) is 7.94. The van der Waals surface area contributed by atoms with Gasteiger partial charge in [0.25, 0.3) is 11.7 Å². The van der Waals surface area contributed by atoms with Gasteiger partial charge in [0.15, 0.2) is 0 Å². The third kappa shape index (κ3) is 3.48. The van der Waals surface area contributed by atoms with Crippen LogP contribution in [0.5, 0.6) is 5.75 Å². The number of carbonyl (C=O) groups is 2. The van der Waals surface area contributed by atoms with Gasteiger partial charge in [-0.25, -0.2) is 0 Å². The van der Waals surface area contributed by atoms with Crippen molar-refractivity contribution < 1.29 is 24.2 Å². The summed E-state index contributed by atoms with van der Waals surface area (Å²) in [7, 11) is 3.03. The van der Waals surface area contributed by atoms with Crippen LogP contribution in [0, 0.1) is 6.92 Å². The van der Waals surface area contributed by atoms with Crippen LogP contribution >= 0.6 is 11.3 Å². The van der Waals surface area contributed by atoms with E-state index >= 15 is 0 Å². The normalized spacial score (nSPS) is 18.9. The molecule has 0 saturated carbocycles. The number of carbonyl (C=O) groups excluding carboxylic acids is 2. The Kier molecular flexibility index (Phi) is 5.62. The van der Waals surface area contributed by atoms with Crippen molar-refractivity contribution in [2.45, 2.75) is 13.0 Å². The number of Topliss-reactive ketones (excluding diaryl/α,β-unsaturated/α-hetero) is 1. The van der Waals surface area contributed by atoms with Crippen molar-refractivity contribution in [1.29, 1.82) is 0 Å². The topological polar surface area (TPSA) is 76.1 Å². The molecular weight excluding hydrogens is 366 g/mol. The van der Waals surface area contributed by atoms with Gasteiger partial charge in [-0.1, -0.05) is 17.7 Å². The number of aryl methyl sites for hydroxylation is 1. The summed E-state index contributed by atoms with van der Waals surface area (Å²) >= 11 is 1.43. The number of hydrogen-bond acceptors (Lipinski definition) is 6. The van der Waals surface area contributed by atoms with Crippen LogP contribution in [-0.2, 0) is 14.3 Å². The molecule has 1 N–H and O–H groups in total. The fraction of sp³-hybridized carbons (Fsp3) is 0.300. The number of methoxy groups -OCH3 is 2. The first-order valence-corrected chi connectivity index (χ1v) is 9.33. The lowest BCUT2D eigenvalue weighted by molar-refractivity contribution is -0.140. The molecular formula is C20H21NO5S. The van der Waals surface area contributed by atoms with Crippen molar-refractivity contribution in [3.63, 3.8) is 0 Å². The molecule has 0 aliphatic carbocycles. The lowest BCUT2D eigenvalue weighted by Gasteiger charge is -2.23. The average Bonchev–Trinajstić information content (AvgIpc) is 3.27. The second-order valence-corrected chi connectivity index (χ2v) is 7.18. The van der Waals surface area contributed by atoms with Crippen LogP contribution in [-0.4, -0.2) is 49.1 Å². The standard InChI is InChI=1S/C20H21NO5S/c1-12-6-7-14(26-3)13(11-12)18(22)16-17(15-5-4-10-27-15)21(8-9-25-2)20(24)19(16)23/h4-7,10-11,17,22H,8-9H2,1-3H3/b18-16-. The van der Waals surface area contributed by atoms with Crippen molar-refractivity contribution in [3.05, 3.63) is 57.3 Å². The Morgan fingerprint density at radius 2 is 2.04 bits per heavy atom. The van der Waals surface area contributed by atoms with Gasteiger partial charge in [0.05, 0.1) is 30.9 Å². The maximum atomic E-state index is 12.8. The number of aliphatic hydroxyl groups excluding tert-OH is 1. The summed E-state index contributed by atoms with van der Waals surface area (Å²) in [6.07, 6.45) is 0. The molecule has 1 amide bonds. The third-order valence-corrected chi connectivity index (χ3v) is 5.42. The van der Waals surface area contributed by atoms with E-state index in [1.165, 1.54) is 30.5 Å². The van der Waals surface area contributed by atoms with Crippen molar-refractivity contribution in [3.8, 4) is 5.75 Å². The molecule has 3 rings (SSSR count). The molecule has 1 fully saturated rings. The van der Waals surface area contributed by atoms with Crippen LogP contribution < -0.4 is 4.74 Å². The largest absolute Gasteiger partial charge is 0.507 e. The molecule has 7 heteroatoms. The van der Waals surface area contributed by atoms with Gasteiger partial charge in [-0.05, 0) is 30.5 Å². The summed E-state index contributed by atoms with van der Waals surface area (Å²) in [6, 6.07) is 8.37. The highest BCUT2D eigenvalue weighted by Gasteiger charge is 2.46. The SMILES string of the molecule is COCCN1C(=O)C(=O)/C(=C(\O)c2cc(C)ccc2OC)C1c1cccs1. The van der Waals surface area contributed by atoms with Crippen LogP contribution in [0.25, 0.3) is 5.76 Å². The number of benzene rings is 1. The highest BCUT2D eigenvalue weighted by molar-refractivity contribution is 7.10. The molecule has 1 aromatic carbocycles. The fourth-order valence-electron chi connectivity index (χ4n) is 3.19. The summed E-state index contributed by atoms with van der Waals surface area (Å²) < 4.78 is 10.4. The van der Waals surface area contributed by atoms with E-state index < -0.39 is 17.7 Å². The molecule has 1 unspecified atom stereocenters. The molecule has 1 aliphatic heterocycles. The quantitative estimate of drug-likeness (QED) is 0.468. The minimum Gasteiger partial charge on any atom is -0.507 e. The maximum absolute atomic E-state index is 12.8. The summed E-state index contributed by atoms with van der Waals surface area (Å²) in [6.45, 7) is 2.43. The smallest absolute Gasteiger partial charge is 0.295 e. The number of hydrogen-bond donors (Lipinski definition) is 1. The van der Waals surface area contributed by atoms with Gasteiger partial charge in [0.1, 0.15) is 11.5 Å². The number of nitrogens with zero attached hydrogens (tertiary/aromatic N) is 1. The molecule has 0 spiro atoms. The fourth-order valence-corrected chi connectivity index (χ4v) is 4.04. The number of aliphatic hydroxyl groups is 1. The zero-order valence-electron chi connectivity index (χ0n) is 15.4. The zero-order valence-corrected chi connectivity index (χ0v) is 16.2. The number of amides is 1. The van der Waals surface area contributed by atoms with Gasteiger partial charge in [-0.3, -0.25) is 9.59 Å². The second-order valence-electron chi connectivity index (χ2n) is 6.20. The van der Waals surface area contributed by atoms with Crippen molar-refractivity contribution in [2.24, 2.45) is 0 Å². The zero-order chi connectivity index (χ0) is 19.6. The van der Waals surface area contributed by atoms with Crippen LogP contribution in [0.4, 0.5) is 0 Å². The highest BCUT2D eigenvalue weighted by atomic mass is 32.1. The Hall–Kier alpha value is -2.64. The Morgan fingerprint density at radius 1 is 1.26 bits per heavy atom. The van der Waals surface area contributed by atoms with E-state index in [2.05, 4.69) is 0 Å². The number of ketones is 1. The lowest BCUT2D eigenvalue weighted by atomic mass is 9.98. The number of likely N-dealkylation sites (tertiary alicyclic amines) is 1. The van der Waals surface area contributed by atoms with Crippen LogP contribution in [0.15, 0.2) is 41.3 Å². The monoisotopic (exact) mass is 387 g/mol. The van der Waals surface area contributed by atoms with Crippen molar-refractivity contribution in [2.75, 3.05) is 27.4 Å². The number of ether oxygens (including phenoxy) is 2. The molecule has 1 aromatic heterocycles. The molecule has 27 heavy (non-hydrogen) atoms. The van der Waals surface area contributed by atoms with E-state index in [-0.39, 0.29) is 17.9 Å². The van der Waals surface area contributed by atoms with Crippen molar-refractivity contribution in [1.82, 2.24) is 4.90 Å². The average molecular weight is 387 g/mol. The Bertz CT molecular complexity index is 888. The minimum atomic E-state index is -0.703. The van der Waals surface area contributed by atoms with E-state index in [1.807, 2.05) is 30.5 Å². The Balaban J connectivity index is 2.19. The molecule has 2 heterocycles. The molecule has 2 aromatic rings. The van der Waals surface area contributed by atoms with Crippen LogP contribution in [0.2, 0.25) is 0 Å². The molecule has 1 aliphatic rings. The molecule has 1 atom stereocenters. The van der Waals surface area contributed by atoms with E-state index in [1.54, 1.807) is 12.1 Å². The van der Waals surface area contributed by atoms with E-state index in [0.717, 1.165) is 10.4 Å². The van der Waals surface area contributed by atoms with Gasteiger partial charge in [-0.2, -0.15) is 0 Å². The molecule has 1 saturated heterocycles. The van der Waals surface area contributed by atoms with Gasteiger partial charge < -0.3 is 19.5 Å².